The quantitative estimate of drug-likeness (QED) is 0.843. The summed E-state index contributed by atoms with van der Waals surface area (Å²) in [5, 5.41) is 2.72. The molecule has 1 aromatic carbocycles. The summed E-state index contributed by atoms with van der Waals surface area (Å²) in [7, 11) is -3.63. The van der Waals surface area contributed by atoms with E-state index in [0.29, 0.717) is 24.1 Å². The van der Waals surface area contributed by atoms with Crippen molar-refractivity contribution in [1.29, 1.82) is 0 Å². The number of piperidine rings is 1. The third-order valence-corrected chi connectivity index (χ3v) is 6.53. The van der Waals surface area contributed by atoms with Crippen molar-refractivity contribution in [2.24, 2.45) is 11.7 Å². The van der Waals surface area contributed by atoms with Gasteiger partial charge in [0, 0.05) is 24.7 Å². The van der Waals surface area contributed by atoms with Gasteiger partial charge >= 0.3 is 0 Å². The second kappa shape index (κ2) is 5.61. The standard InChI is InChI=1S/C15H19N3O4S/c1-9-12-8-11(2-3-13(12)17-15(9)20)23(21,22)18-6-4-10(5-7-18)14(16)19/h2-3,8-10H,4-7H2,1H3,(H2,16,19)(H,17,20)/t9-/m0/s1. The van der Waals surface area contributed by atoms with Crippen LogP contribution in [0.2, 0.25) is 0 Å². The molecule has 0 unspecified atom stereocenters. The highest BCUT2D eigenvalue weighted by Gasteiger charge is 2.33. The van der Waals surface area contributed by atoms with Gasteiger partial charge in [-0.3, -0.25) is 9.59 Å². The summed E-state index contributed by atoms with van der Waals surface area (Å²) in [6.45, 7) is 2.30. The van der Waals surface area contributed by atoms with Gasteiger partial charge in [0.15, 0.2) is 0 Å². The summed E-state index contributed by atoms with van der Waals surface area (Å²) < 4.78 is 26.9. The van der Waals surface area contributed by atoms with Crippen molar-refractivity contribution in [1.82, 2.24) is 4.31 Å². The number of sulfonamides is 1. The number of nitrogens with zero attached hydrogens (tertiary/aromatic N) is 1. The van der Waals surface area contributed by atoms with E-state index in [4.69, 9.17) is 5.73 Å². The molecule has 0 aromatic heterocycles. The number of amides is 2. The van der Waals surface area contributed by atoms with Gasteiger partial charge in [0.25, 0.3) is 0 Å². The molecule has 2 heterocycles. The van der Waals surface area contributed by atoms with Crippen LogP contribution in [0.3, 0.4) is 0 Å². The van der Waals surface area contributed by atoms with E-state index in [-0.39, 0.29) is 41.6 Å². The molecule has 0 radical (unpaired) electrons. The van der Waals surface area contributed by atoms with Gasteiger partial charge in [-0.1, -0.05) is 0 Å². The number of nitrogens with two attached hydrogens (primary N) is 1. The Hall–Kier alpha value is -1.93. The molecule has 23 heavy (non-hydrogen) atoms. The minimum atomic E-state index is -3.63. The molecule has 0 spiro atoms. The number of fused-ring (bicyclic) bond motifs is 1. The molecular weight excluding hydrogens is 318 g/mol. The van der Waals surface area contributed by atoms with Crippen LogP contribution in [0.25, 0.3) is 0 Å². The number of nitrogens with one attached hydrogen (secondary N) is 1. The zero-order valence-electron chi connectivity index (χ0n) is 12.8. The molecule has 0 bridgehead atoms. The lowest BCUT2D eigenvalue weighted by atomic mass is 9.98. The van der Waals surface area contributed by atoms with Crippen LogP contribution in [0, 0.1) is 5.92 Å². The van der Waals surface area contributed by atoms with Crippen LogP contribution in [0.15, 0.2) is 23.1 Å². The summed E-state index contributed by atoms with van der Waals surface area (Å²) >= 11 is 0. The van der Waals surface area contributed by atoms with Gasteiger partial charge in [-0.05, 0) is 43.5 Å². The lowest BCUT2D eigenvalue weighted by Gasteiger charge is -2.29. The van der Waals surface area contributed by atoms with Crippen molar-refractivity contribution >= 4 is 27.5 Å². The van der Waals surface area contributed by atoms with E-state index in [1.165, 1.54) is 10.4 Å². The van der Waals surface area contributed by atoms with Gasteiger partial charge in [-0.15, -0.1) is 0 Å². The number of anilines is 1. The maximum Gasteiger partial charge on any atom is 0.243 e. The Labute approximate surface area is 134 Å². The Balaban J connectivity index is 1.84. The highest BCUT2D eigenvalue weighted by atomic mass is 32.2. The van der Waals surface area contributed by atoms with E-state index in [2.05, 4.69) is 5.32 Å². The molecule has 1 atom stereocenters. The predicted octanol–water partition coefficient (Wildman–Crippen LogP) is 0.628. The largest absolute Gasteiger partial charge is 0.369 e. The molecule has 0 saturated carbocycles. The highest BCUT2D eigenvalue weighted by Crippen LogP contribution is 2.35. The maximum atomic E-state index is 12.8. The van der Waals surface area contributed by atoms with E-state index < -0.39 is 10.0 Å². The van der Waals surface area contributed by atoms with Gasteiger partial charge in [0.2, 0.25) is 21.8 Å². The second-order valence-electron chi connectivity index (χ2n) is 6.04. The van der Waals surface area contributed by atoms with Gasteiger partial charge in [0.05, 0.1) is 10.8 Å². The summed E-state index contributed by atoms with van der Waals surface area (Å²) in [4.78, 5) is 23.0. The van der Waals surface area contributed by atoms with Crippen LogP contribution in [0.4, 0.5) is 5.69 Å². The molecule has 0 aliphatic carbocycles. The van der Waals surface area contributed by atoms with E-state index >= 15 is 0 Å². The third kappa shape index (κ3) is 2.72. The number of benzene rings is 1. The van der Waals surface area contributed by atoms with Crippen molar-refractivity contribution in [3.63, 3.8) is 0 Å². The normalized spacial score (nSPS) is 22.7. The monoisotopic (exact) mass is 337 g/mol. The van der Waals surface area contributed by atoms with Gasteiger partial charge in [-0.2, -0.15) is 4.31 Å². The van der Waals surface area contributed by atoms with Crippen LogP contribution in [0.1, 0.15) is 31.2 Å². The molecule has 124 valence electrons. The molecule has 3 N–H and O–H groups in total. The van der Waals surface area contributed by atoms with Crippen molar-refractivity contribution in [2.75, 3.05) is 18.4 Å². The third-order valence-electron chi connectivity index (χ3n) is 4.63. The molecule has 7 nitrogen and oxygen atoms in total. The summed E-state index contributed by atoms with van der Waals surface area (Å²) in [5.41, 5.74) is 6.64. The Kier molecular flexibility index (Phi) is 3.89. The minimum Gasteiger partial charge on any atom is -0.369 e. The van der Waals surface area contributed by atoms with Crippen LogP contribution < -0.4 is 11.1 Å². The van der Waals surface area contributed by atoms with E-state index in [1.54, 1.807) is 19.1 Å². The fourth-order valence-corrected chi connectivity index (χ4v) is 4.59. The van der Waals surface area contributed by atoms with Gasteiger partial charge in [-0.25, -0.2) is 8.42 Å². The average Bonchev–Trinajstić information content (AvgIpc) is 2.82. The van der Waals surface area contributed by atoms with Crippen LogP contribution in [-0.2, 0) is 19.6 Å². The van der Waals surface area contributed by atoms with Crippen molar-refractivity contribution in [3.05, 3.63) is 23.8 Å². The zero-order valence-corrected chi connectivity index (χ0v) is 13.6. The number of primary amides is 1. The summed E-state index contributed by atoms with van der Waals surface area (Å²) in [6.07, 6.45) is 0.881. The lowest BCUT2D eigenvalue weighted by Crippen LogP contribution is -2.41. The Morgan fingerprint density at radius 3 is 2.57 bits per heavy atom. The number of rotatable bonds is 3. The summed E-state index contributed by atoms with van der Waals surface area (Å²) in [6, 6.07) is 4.69. The summed E-state index contributed by atoms with van der Waals surface area (Å²) in [5.74, 6) is -1.13. The Bertz CT molecular complexity index is 767. The van der Waals surface area contributed by atoms with E-state index in [1.807, 2.05) is 0 Å². The smallest absolute Gasteiger partial charge is 0.243 e. The zero-order chi connectivity index (χ0) is 16.8. The topological polar surface area (TPSA) is 110 Å². The first-order valence-electron chi connectivity index (χ1n) is 7.55. The van der Waals surface area contributed by atoms with E-state index in [9.17, 15) is 18.0 Å². The number of hydrogen-bond acceptors (Lipinski definition) is 4. The second-order valence-corrected chi connectivity index (χ2v) is 7.98. The molecule has 2 aliphatic heterocycles. The SMILES string of the molecule is C[C@@H]1C(=O)Nc2ccc(S(=O)(=O)N3CCC(C(N)=O)CC3)cc21. The van der Waals surface area contributed by atoms with Crippen LogP contribution in [-0.4, -0.2) is 37.6 Å². The lowest BCUT2D eigenvalue weighted by molar-refractivity contribution is -0.122. The molecule has 8 heteroatoms. The van der Waals surface area contributed by atoms with E-state index in [0.717, 1.165) is 0 Å². The molecule has 3 rings (SSSR count). The molecule has 1 saturated heterocycles. The van der Waals surface area contributed by atoms with Crippen LogP contribution >= 0.6 is 0 Å². The first-order chi connectivity index (χ1) is 10.8. The highest BCUT2D eigenvalue weighted by molar-refractivity contribution is 7.89. The molecular formula is C15H19N3O4S. The Morgan fingerprint density at radius 2 is 1.96 bits per heavy atom. The average molecular weight is 337 g/mol. The fourth-order valence-electron chi connectivity index (χ4n) is 3.09. The minimum absolute atomic E-state index is 0.128. The molecule has 2 amide bonds. The Morgan fingerprint density at radius 1 is 1.30 bits per heavy atom. The van der Waals surface area contributed by atoms with Crippen molar-refractivity contribution in [2.45, 2.75) is 30.6 Å². The van der Waals surface area contributed by atoms with Crippen LogP contribution in [0.5, 0.6) is 0 Å². The first-order valence-corrected chi connectivity index (χ1v) is 8.99. The van der Waals surface area contributed by atoms with Crippen molar-refractivity contribution in [3.8, 4) is 0 Å². The molecule has 2 aliphatic rings. The van der Waals surface area contributed by atoms with Gasteiger partial charge in [0.1, 0.15) is 0 Å². The maximum absolute atomic E-state index is 12.8. The predicted molar refractivity (Wildman–Crippen MR) is 84.2 cm³/mol. The first kappa shape index (κ1) is 15.9. The molecule has 1 aromatic rings. The number of hydrogen-bond donors (Lipinski definition) is 2. The number of carbonyl (C=O) groups excluding carboxylic acids is 2. The fraction of sp³-hybridized carbons (Fsp3) is 0.467. The number of carbonyl (C=O) groups is 2. The van der Waals surface area contributed by atoms with Crippen molar-refractivity contribution < 1.29 is 18.0 Å². The van der Waals surface area contributed by atoms with Gasteiger partial charge < -0.3 is 11.1 Å². The molecule has 1 fully saturated rings.